The first kappa shape index (κ1) is 19.5. The van der Waals surface area contributed by atoms with Gasteiger partial charge in [-0.25, -0.2) is 14.1 Å². The lowest BCUT2D eigenvalue weighted by Gasteiger charge is -2.17. The molecule has 1 fully saturated rings. The van der Waals surface area contributed by atoms with E-state index in [0.717, 1.165) is 18.4 Å². The molecule has 0 spiro atoms. The Labute approximate surface area is 179 Å². The van der Waals surface area contributed by atoms with Crippen LogP contribution in [0.2, 0.25) is 0 Å². The highest BCUT2D eigenvalue weighted by atomic mass is 19.1. The SMILES string of the molecule is CC(C)n1ncc2c(C(=O)NCC3(c4ccc(F)cc4)CC3)cc(-c3ccco3)nc21. The molecule has 1 aliphatic rings. The molecule has 0 atom stereocenters. The van der Waals surface area contributed by atoms with Gasteiger partial charge >= 0.3 is 0 Å². The van der Waals surface area contributed by atoms with Crippen LogP contribution in [0.1, 0.15) is 48.7 Å². The van der Waals surface area contributed by atoms with Crippen LogP contribution in [0, 0.1) is 5.82 Å². The third-order valence-corrected chi connectivity index (χ3v) is 5.97. The Balaban J connectivity index is 1.47. The van der Waals surface area contributed by atoms with E-state index in [9.17, 15) is 9.18 Å². The molecule has 7 heteroatoms. The first-order valence-corrected chi connectivity index (χ1v) is 10.4. The van der Waals surface area contributed by atoms with Crippen molar-refractivity contribution in [3.8, 4) is 11.5 Å². The predicted molar refractivity (Wildman–Crippen MR) is 115 cm³/mol. The summed E-state index contributed by atoms with van der Waals surface area (Å²) in [4.78, 5) is 18.0. The third-order valence-electron chi connectivity index (χ3n) is 5.97. The molecule has 0 aliphatic heterocycles. The third kappa shape index (κ3) is 3.50. The topological polar surface area (TPSA) is 73.0 Å². The Hall–Kier alpha value is -3.48. The van der Waals surface area contributed by atoms with E-state index in [1.54, 1.807) is 41.4 Å². The van der Waals surface area contributed by atoms with Crippen molar-refractivity contribution in [2.45, 2.75) is 38.1 Å². The molecule has 5 rings (SSSR count). The zero-order valence-electron chi connectivity index (χ0n) is 17.4. The molecule has 1 amide bonds. The minimum absolute atomic E-state index is 0.0981. The molecule has 0 bridgehead atoms. The van der Waals surface area contributed by atoms with Crippen LogP contribution in [0.25, 0.3) is 22.5 Å². The van der Waals surface area contributed by atoms with Gasteiger partial charge in [-0.2, -0.15) is 5.10 Å². The second-order valence-corrected chi connectivity index (χ2v) is 8.42. The number of rotatable bonds is 6. The highest BCUT2D eigenvalue weighted by Gasteiger charge is 2.44. The zero-order chi connectivity index (χ0) is 21.6. The predicted octanol–water partition coefficient (Wildman–Crippen LogP) is 4.87. The smallest absolute Gasteiger partial charge is 0.252 e. The fourth-order valence-corrected chi connectivity index (χ4v) is 4.00. The second kappa shape index (κ2) is 7.34. The second-order valence-electron chi connectivity index (χ2n) is 8.42. The molecule has 0 unspecified atom stereocenters. The summed E-state index contributed by atoms with van der Waals surface area (Å²) in [5.41, 5.74) is 2.68. The quantitative estimate of drug-likeness (QED) is 0.485. The van der Waals surface area contributed by atoms with Gasteiger partial charge in [0.05, 0.1) is 23.4 Å². The Bertz CT molecular complexity index is 1240. The van der Waals surface area contributed by atoms with Gasteiger partial charge in [0.15, 0.2) is 11.4 Å². The number of aromatic nitrogens is 3. The number of halogens is 1. The molecule has 6 nitrogen and oxygen atoms in total. The summed E-state index contributed by atoms with van der Waals surface area (Å²) in [6.07, 6.45) is 5.21. The molecular formula is C24H23FN4O2. The molecule has 0 saturated heterocycles. The van der Waals surface area contributed by atoms with Crippen molar-refractivity contribution < 1.29 is 13.6 Å². The molecule has 4 aromatic rings. The summed E-state index contributed by atoms with van der Waals surface area (Å²) in [7, 11) is 0. The van der Waals surface area contributed by atoms with E-state index >= 15 is 0 Å². The average Bonchev–Trinajstić information content (AvgIpc) is 3.15. The molecule has 3 heterocycles. The fourth-order valence-electron chi connectivity index (χ4n) is 4.00. The lowest BCUT2D eigenvalue weighted by Crippen LogP contribution is -2.32. The summed E-state index contributed by atoms with van der Waals surface area (Å²) in [6, 6.07) is 12.0. The standard InChI is InChI=1S/C24H23FN4O2/c1-15(2)29-22-19(13-27-29)18(12-20(28-22)21-4-3-11-31-21)23(30)26-14-24(9-10-24)16-5-7-17(25)8-6-16/h3-8,11-13,15H,9-10,14H2,1-2H3,(H,26,30). The average molecular weight is 418 g/mol. The van der Waals surface area contributed by atoms with Crippen LogP contribution >= 0.6 is 0 Å². The lowest BCUT2D eigenvalue weighted by molar-refractivity contribution is 0.0951. The normalized spacial score (nSPS) is 14.8. The van der Waals surface area contributed by atoms with Gasteiger partial charge in [0.25, 0.3) is 5.91 Å². The zero-order valence-corrected chi connectivity index (χ0v) is 17.4. The number of nitrogens with zero attached hydrogens (tertiary/aromatic N) is 3. The first-order chi connectivity index (χ1) is 15.0. The van der Waals surface area contributed by atoms with E-state index in [2.05, 4.69) is 10.4 Å². The number of hydrogen-bond donors (Lipinski definition) is 1. The number of carbonyl (C=O) groups is 1. The van der Waals surface area contributed by atoms with Crippen LogP contribution in [-0.4, -0.2) is 27.2 Å². The molecule has 1 saturated carbocycles. The maximum Gasteiger partial charge on any atom is 0.252 e. The number of furan rings is 1. The molecule has 0 radical (unpaired) electrons. The van der Waals surface area contributed by atoms with Crippen LogP contribution < -0.4 is 5.32 Å². The molecule has 3 aromatic heterocycles. The minimum Gasteiger partial charge on any atom is -0.463 e. The monoisotopic (exact) mass is 418 g/mol. The summed E-state index contributed by atoms with van der Waals surface area (Å²) in [6.45, 7) is 4.54. The molecular weight excluding hydrogens is 395 g/mol. The summed E-state index contributed by atoms with van der Waals surface area (Å²) in [5.74, 6) is 0.157. The van der Waals surface area contributed by atoms with E-state index in [4.69, 9.17) is 9.40 Å². The largest absolute Gasteiger partial charge is 0.463 e. The fraction of sp³-hybridized carbons (Fsp3) is 0.292. The van der Waals surface area contributed by atoms with Crippen LogP contribution in [0.5, 0.6) is 0 Å². The van der Waals surface area contributed by atoms with Gasteiger partial charge in [-0.05, 0) is 62.6 Å². The number of nitrogens with one attached hydrogen (secondary N) is 1. The Morgan fingerprint density at radius 1 is 1.26 bits per heavy atom. The van der Waals surface area contributed by atoms with Crippen LogP contribution in [-0.2, 0) is 5.41 Å². The van der Waals surface area contributed by atoms with E-state index in [1.807, 2.05) is 19.9 Å². The van der Waals surface area contributed by atoms with Gasteiger partial charge in [-0.1, -0.05) is 12.1 Å². The molecule has 1 aliphatic carbocycles. The number of pyridine rings is 1. The number of fused-ring (bicyclic) bond motifs is 1. The van der Waals surface area contributed by atoms with Gasteiger partial charge in [-0.3, -0.25) is 4.79 Å². The first-order valence-electron chi connectivity index (χ1n) is 10.4. The van der Waals surface area contributed by atoms with Gasteiger partial charge in [0.2, 0.25) is 0 Å². The van der Waals surface area contributed by atoms with Crippen LogP contribution in [0.15, 0.2) is 59.3 Å². The highest BCUT2D eigenvalue weighted by molar-refractivity contribution is 6.06. The summed E-state index contributed by atoms with van der Waals surface area (Å²) >= 11 is 0. The van der Waals surface area contributed by atoms with Crippen LogP contribution in [0.4, 0.5) is 4.39 Å². The van der Waals surface area contributed by atoms with Gasteiger partial charge in [0, 0.05) is 18.0 Å². The van der Waals surface area contributed by atoms with Gasteiger partial charge in [0.1, 0.15) is 11.5 Å². The van der Waals surface area contributed by atoms with Crippen molar-refractivity contribution in [3.63, 3.8) is 0 Å². The van der Waals surface area contributed by atoms with E-state index < -0.39 is 0 Å². The molecule has 1 N–H and O–H groups in total. The van der Waals surface area contributed by atoms with Crippen molar-refractivity contribution in [2.75, 3.05) is 6.54 Å². The van der Waals surface area contributed by atoms with Crippen LogP contribution in [0.3, 0.4) is 0 Å². The lowest BCUT2D eigenvalue weighted by atomic mass is 9.95. The van der Waals surface area contributed by atoms with Crippen molar-refractivity contribution in [1.29, 1.82) is 0 Å². The van der Waals surface area contributed by atoms with Crippen molar-refractivity contribution >= 4 is 16.9 Å². The summed E-state index contributed by atoms with van der Waals surface area (Å²) in [5, 5.41) is 8.24. The van der Waals surface area contributed by atoms with Crippen molar-refractivity contribution in [3.05, 3.63) is 71.9 Å². The van der Waals surface area contributed by atoms with E-state index in [1.165, 1.54) is 12.1 Å². The minimum atomic E-state index is -0.254. The maximum absolute atomic E-state index is 13.3. The molecule has 31 heavy (non-hydrogen) atoms. The van der Waals surface area contributed by atoms with Crippen molar-refractivity contribution in [2.24, 2.45) is 0 Å². The number of hydrogen-bond acceptors (Lipinski definition) is 4. The van der Waals surface area contributed by atoms with E-state index in [-0.39, 0.29) is 23.2 Å². The van der Waals surface area contributed by atoms with E-state index in [0.29, 0.717) is 34.6 Å². The van der Waals surface area contributed by atoms with Gasteiger partial charge in [-0.15, -0.1) is 0 Å². The maximum atomic E-state index is 13.3. The molecule has 1 aromatic carbocycles. The Morgan fingerprint density at radius 3 is 2.68 bits per heavy atom. The number of benzene rings is 1. The van der Waals surface area contributed by atoms with Crippen molar-refractivity contribution in [1.82, 2.24) is 20.1 Å². The van der Waals surface area contributed by atoms with Gasteiger partial charge < -0.3 is 9.73 Å². The molecule has 158 valence electrons. The highest BCUT2D eigenvalue weighted by Crippen LogP contribution is 2.47. The Kier molecular flexibility index (Phi) is 4.61. The number of carbonyl (C=O) groups excluding carboxylic acids is 1. The number of amides is 1. The Morgan fingerprint density at radius 2 is 2.03 bits per heavy atom. The summed E-state index contributed by atoms with van der Waals surface area (Å²) < 4.78 is 20.6.